The van der Waals surface area contributed by atoms with Crippen molar-refractivity contribution < 1.29 is 0 Å². The van der Waals surface area contributed by atoms with E-state index in [2.05, 4.69) is 37.5 Å². The van der Waals surface area contributed by atoms with Gasteiger partial charge in [0.15, 0.2) is 0 Å². The highest BCUT2D eigenvalue weighted by Crippen LogP contribution is 2.15. The summed E-state index contributed by atoms with van der Waals surface area (Å²) >= 11 is 1.85. The van der Waals surface area contributed by atoms with Crippen LogP contribution in [-0.4, -0.2) is 6.54 Å². The lowest BCUT2D eigenvalue weighted by molar-refractivity contribution is 0.477. The van der Waals surface area contributed by atoms with Gasteiger partial charge in [0, 0.05) is 11.4 Å². The maximum absolute atomic E-state index is 3.52. The molecule has 0 bridgehead atoms. The van der Waals surface area contributed by atoms with Gasteiger partial charge in [-0.15, -0.1) is 11.3 Å². The van der Waals surface area contributed by atoms with Crippen molar-refractivity contribution >= 4 is 11.3 Å². The van der Waals surface area contributed by atoms with Crippen LogP contribution in [0, 0.1) is 12.8 Å². The molecule has 0 aliphatic heterocycles. The molecule has 0 spiro atoms. The second-order valence-corrected chi connectivity index (χ2v) is 5.05. The average molecular weight is 211 g/mol. The summed E-state index contributed by atoms with van der Waals surface area (Å²) in [5.41, 5.74) is 1.42. The predicted octanol–water partition coefficient (Wildman–Crippen LogP) is 3.58. The first-order valence-electron chi connectivity index (χ1n) is 5.47. The van der Waals surface area contributed by atoms with Gasteiger partial charge in [0.25, 0.3) is 0 Å². The van der Waals surface area contributed by atoms with Crippen LogP contribution in [0.4, 0.5) is 0 Å². The third kappa shape index (κ3) is 3.81. The van der Waals surface area contributed by atoms with Gasteiger partial charge in [-0.05, 0) is 42.8 Å². The third-order valence-corrected chi connectivity index (χ3v) is 3.55. The molecule has 14 heavy (non-hydrogen) atoms. The largest absolute Gasteiger partial charge is 0.312 e. The minimum atomic E-state index is 0.806. The Morgan fingerprint density at radius 1 is 1.50 bits per heavy atom. The Morgan fingerprint density at radius 3 is 2.86 bits per heavy atom. The van der Waals surface area contributed by atoms with Gasteiger partial charge in [0.05, 0.1) is 0 Å². The average Bonchev–Trinajstić information content (AvgIpc) is 2.52. The lowest BCUT2D eigenvalue weighted by Gasteiger charge is -2.10. The van der Waals surface area contributed by atoms with E-state index in [0.29, 0.717) is 0 Å². The zero-order valence-electron chi connectivity index (χ0n) is 9.47. The summed E-state index contributed by atoms with van der Waals surface area (Å²) in [5.74, 6) is 0.806. The van der Waals surface area contributed by atoms with E-state index in [9.17, 15) is 0 Å². The minimum Gasteiger partial charge on any atom is -0.312 e. The van der Waals surface area contributed by atoms with E-state index in [-0.39, 0.29) is 0 Å². The summed E-state index contributed by atoms with van der Waals surface area (Å²) in [6.07, 6.45) is 2.62. The first kappa shape index (κ1) is 11.7. The lowest BCUT2D eigenvalue weighted by Crippen LogP contribution is -2.20. The zero-order valence-corrected chi connectivity index (χ0v) is 10.3. The van der Waals surface area contributed by atoms with E-state index in [1.807, 2.05) is 11.3 Å². The van der Waals surface area contributed by atoms with E-state index in [1.165, 1.54) is 23.3 Å². The molecule has 1 rings (SSSR count). The van der Waals surface area contributed by atoms with Gasteiger partial charge in [-0.1, -0.05) is 20.3 Å². The molecule has 0 fully saturated rings. The van der Waals surface area contributed by atoms with Crippen LogP contribution >= 0.6 is 11.3 Å². The second kappa shape index (κ2) is 6.20. The van der Waals surface area contributed by atoms with Crippen LogP contribution in [0.2, 0.25) is 0 Å². The van der Waals surface area contributed by atoms with Crippen LogP contribution in [0.5, 0.6) is 0 Å². The maximum atomic E-state index is 3.52. The predicted molar refractivity (Wildman–Crippen MR) is 64.8 cm³/mol. The molecule has 1 atom stereocenters. The van der Waals surface area contributed by atoms with Crippen molar-refractivity contribution in [2.24, 2.45) is 5.92 Å². The van der Waals surface area contributed by atoms with Crippen molar-refractivity contribution in [3.05, 3.63) is 21.9 Å². The standard InChI is InChI=1S/C12H21NS/c1-4-5-10(2)8-13-9-12-11(3)6-7-14-12/h6-7,10,13H,4-5,8-9H2,1-3H3. The molecule has 1 nitrogen and oxygen atoms in total. The first-order valence-corrected chi connectivity index (χ1v) is 6.35. The monoisotopic (exact) mass is 211 g/mol. The van der Waals surface area contributed by atoms with Crippen LogP contribution in [0.15, 0.2) is 11.4 Å². The van der Waals surface area contributed by atoms with Crippen molar-refractivity contribution in [2.45, 2.75) is 40.2 Å². The minimum absolute atomic E-state index is 0.806. The Bertz CT molecular complexity index is 255. The molecule has 1 aromatic heterocycles. The van der Waals surface area contributed by atoms with Crippen LogP contribution in [0.25, 0.3) is 0 Å². The lowest BCUT2D eigenvalue weighted by atomic mass is 10.1. The molecule has 1 N–H and O–H groups in total. The highest BCUT2D eigenvalue weighted by atomic mass is 32.1. The summed E-state index contributed by atoms with van der Waals surface area (Å²) < 4.78 is 0. The SMILES string of the molecule is CCCC(C)CNCc1sccc1C. The maximum Gasteiger partial charge on any atom is 0.0302 e. The molecule has 0 saturated heterocycles. The summed E-state index contributed by atoms with van der Waals surface area (Å²) in [7, 11) is 0. The van der Waals surface area contributed by atoms with Crippen LogP contribution < -0.4 is 5.32 Å². The van der Waals surface area contributed by atoms with Gasteiger partial charge < -0.3 is 5.32 Å². The zero-order chi connectivity index (χ0) is 10.4. The Hall–Kier alpha value is -0.340. The quantitative estimate of drug-likeness (QED) is 0.758. The number of thiophene rings is 1. The van der Waals surface area contributed by atoms with Gasteiger partial charge >= 0.3 is 0 Å². The molecular formula is C12H21NS. The highest BCUT2D eigenvalue weighted by Gasteiger charge is 2.02. The van der Waals surface area contributed by atoms with E-state index in [4.69, 9.17) is 0 Å². The fraction of sp³-hybridized carbons (Fsp3) is 0.667. The van der Waals surface area contributed by atoms with Crippen molar-refractivity contribution in [1.82, 2.24) is 5.32 Å². The summed E-state index contributed by atoms with van der Waals surface area (Å²) in [6.45, 7) is 8.93. The van der Waals surface area contributed by atoms with E-state index < -0.39 is 0 Å². The smallest absolute Gasteiger partial charge is 0.0302 e. The molecule has 0 radical (unpaired) electrons. The van der Waals surface area contributed by atoms with Crippen molar-refractivity contribution in [2.75, 3.05) is 6.54 Å². The molecule has 0 saturated carbocycles. The van der Waals surface area contributed by atoms with Gasteiger partial charge in [-0.25, -0.2) is 0 Å². The molecule has 0 amide bonds. The Kier molecular flexibility index (Phi) is 5.20. The fourth-order valence-corrected chi connectivity index (χ4v) is 2.49. The molecule has 80 valence electrons. The van der Waals surface area contributed by atoms with Crippen molar-refractivity contribution in [1.29, 1.82) is 0 Å². The molecule has 2 heteroatoms. The summed E-state index contributed by atoms with van der Waals surface area (Å²) in [5, 5.41) is 5.69. The number of hydrogen-bond donors (Lipinski definition) is 1. The number of aryl methyl sites for hydroxylation is 1. The van der Waals surface area contributed by atoms with E-state index in [0.717, 1.165) is 19.0 Å². The van der Waals surface area contributed by atoms with E-state index in [1.54, 1.807) is 0 Å². The number of rotatable bonds is 6. The molecular weight excluding hydrogens is 190 g/mol. The van der Waals surface area contributed by atoms with Crippen LogP contribution in [-0.2, 0) is 6.54 Å². The van der Waals surface area contributed by atoms with Crippen LogP contribution in [0.1, 0.15) is 37.1 Å². The Labute approximate surface area is 91.5 Å². The molecule has 1 unspecified atom stereocenters. The van der Waals surface area contributed by atoms with E-state index >= 15 is 0 Å². The molecule has 0 aliphatic rings. The molecule has 1 aromatic rings. The third-order valence-electron chi connectivity index (χ3n) is 2.53. The van der Waals surface area contributed by atoms with Gasteiger partial charge in [-0.2, -0.15) is 0 Å². The first-order chi connectivity index (χ1) is 6.74. The second-order valence-electron chi connectivity index (χ2n) is 4.05. The van der Waals surface area contributed by atoms with Crippen molar-refractivity contribution in [3.8, 4) is 0 Å². The topological polar surface area (TPSA) is 12.0 Å². The fourth-order valence-electron chi connectivity index (χ4n) is 1.61. The molecule has 1 heterocycles. The molecule has 0 aromatic carbocycles. The highest BCUT2D eigenvalue weighted by molar-refractivity contribution is 7.10. The number of hydrogen-bond acceptors (Lipinski definition) is 2. The Balaban J connectivity index is 2.19. The summed E-state index contributed by atoms with van der Waals surface area (Å²) in [4.78, 5) is 1.48. The van der Waals surface area contributed by atoms with Gasteiger partial charge in [0.2, 0.25) is 0 Å². The number of nitrogens with one attached hydrogen (secondary N) is 1. The van der Waals surface area contributed by atoms with Gasteiger partial charge in [-0.3, -0.25) is 0 Å². The van der Waals surface area contributed by atoms with Crippen LogP contribution in [0.3, 0.4) is 0 Å². The van der Waals surface area contributed by atoms with Crippen molar-refractivity contribution in [3.63, 3.8) is 0 Å². The normalized spacial score (nSPS) is 13.1. The molecule has 0 aliphatic carbocycles. The summed E-state index contributed by atoms with van der Waals surface area (Å²) in [6, 6.07) is 2.19. The van der Waals surface area contributed by atoms with Gasteiger partial charge in [0.1, 0.15) is 0 Å². The Morgan fingerprint density at radius 2 is 2.29 bits per heavy atom.